The van der Waals surface area contributed by atoms with Crippen LogP contribution in [0.25, 0.3) is 0 Å². The molecular formula is C24H28N4O2. The summed E-state index contributed by atoms with van der Waals surface area (Å²) < 4.78 is 0. The minimum Gasteiger partial charge on any atom is -0.350 e. The monoisotopic (exact) mass is 404 g/mol. The van der Waals surface area contributed by atoms with E-state index in [1.165, 1.54) is 5.01 Å². The average molecular weight is 405 g/mol. The molecule has 6 heteroatoms. The van der Waals surface area contributed by atoms with Crippen molar-refractivity contribution < 1.29 is 9.59 Å². The Morgan fingerprint density at radius 3 is 2.70 bits per heavy atom. The highest BCUT2D eigenvalue weighted by Crippen LogP contribution is 2.19. The van der Waals surface area contributed by atoms with E-state index in [1.807, 2.05) is 54.6 Å². The minimum absolute atomic E-state index is 0.00179. The van der Waals surface area contributed by atoms with Crippen LogP contribution >= 0.6 is 0 Å². The van der Waals surface area contributed by atoms with Gasteiger partial charge in [0, 0.05) is 24.9 Å². The summed E-state index contributed by atoms with van der Waals surface area (Å²) in [6.45, 7) is 2.80. The predicted octanol–water partition coefficient (Wildman–Crippen LogP) is 2.60. The summed E-state index contributed by atoms with van der Waals surface area (Å²) in [6.07, 6.45) is 3.15. The van der Waals surface area contributed by atoms with Crippen molar-refractivity contribution in [1.82, 2.24) is 15.6 Å². The van der Waals surface area contributed by atoms with E-state index in [0.29, 0.717) is 31.8 Å². The molecule has 30 heavy (non-hydrogen) atoms. The third kappa shape index (κ3) is 4.94. The maximum atomic E-state index is 12.8. The number of hydrogen-bond acceptors (Lipinski definition) is 4. The normalized spacial score (nSPS) is 18.9. The number of hydrogen-bond donors (Lipinski definition) is 2. The second kappa shape index (κ2) is 9.67. The maximum absolute atomic E-state index is 12.8. The Morgan fingerprint density at radius 1 is 1.10 bits per heavy atom. The highest BCUT2D eigenvalue weighted by atomic mass is 16.2. The highest BCUT2D eigenvalue weighted by molar-refractivity contribution is 6.04. The molecule has 4 rings (SSSR count). The quantitative estimate of drug-likeness (QED) is 0.745. The summed E-state index contributed by atoms with van der Waals surface area (Å²) in [5.41, 5.74) is 3.76. The zero-order valence-corrected chi connectivity index (χ0v) is 17.1. The maximum Gasteiger partial charge on any atom is 0.251 e. The van der Waals surface area contributed by atoms with Crippen LogP contribution in [0, 0.1) is 5.92 Å². The largest absolute Gasteiger partial charge is 0.350 e. The summed E-state index contributed by atoms with van der Waals surface area (Å²) in [7, 11) is 0. The van der Waals surface area contributed by atoms with Crippen molar-refractivity contribution in [2.45, 2.75) is 25.7 Å². The van der Waals surface area contributed by atoms with Crippen LogP contribution in [0.1, 0.15) is 40.7 Å². The molecule has 0 radical (unpaired) electrons. The summed E-state index contributed by atoms with van der Waals surface area (Å²) in [6, 6.07) is 17.7. The molecular weight excluding hydrogens is 376 g/mol. The Kier molecular flexibility index (Phi) is 6.54. The van der Waals surface area contributed by atoms with Crippen LogP contribution in [-0.2, 0) is 11.2 Å². The smallest absolute Gasteiger partial charge is 0.251 e. The van der Waals surface area contributed by atoms with E-state index in [2.05, 4.69) is 15.7 Å². The number of nitrogens with zero attached hydrogens (tertiary/aromatic N) is 2. The van der Waals surface area contributed by atoms with Crippen molar-refractivity contribution >= 4 is 17.5 Å². The molecule has 0 saturated carbocycles. The number of carbonyl (C=O) groups is 2. The molecule has 1 unspecified atom stereocenters. The van der Waals surface area contributed by atoms with E-state index in [0.717, 1.165) is 48.3 Å². The van der Waals surface area contributed by atoms with Crippen LogP contribution in [0.3, 0.4) is 0 Å². The fourth-order valence-corrected chi connectivity index (χ4v) is 4.10. The van der Waals surface area contributed by atoms with Crippen molar-refractivity contribution in [3.63, 3.8) is 0 Å². The number of nitrogens with one attached hydrogen (secondary N) is 2. The molecule has 1 saturated heterocycles. The van der Waals surface area contributed by atoms with E-state index in [-0.39, 0.29) is 11.8 Å². The first kappa shape index (κ1) is 20.3. The molecule has 1 atom stereocenters. The number of carbonyl (C=O) groups excluding carboxylic acids is 2. The molecule has 2 aromatic carbocycles. The summed E-state index contributed by atoms with van der Waals surface area (Å²) in [5, 5.41) is 12.4. The number of benzene rings is 2. The molecule has 156 valence electrons. The number of rotatable bonds is 7. The van der Waals surface area contributed by atoms with Crippen LogP contribution in [0.4, 0.5) is 0 Å². The molecule has 0 aliphatic carbocycles. The van der Waals surface area contributed by atoms with Gasteiger partial charge in [-0.1, -0.05) is 48.5 Å². The molecule has 0 bridgehead atoms. The van der Waals surface area contributed by atoms with Gasteiger partial charge in [0.2, 0.25) is 5.91 Å². The van der Waals surface area contributed by atoms with E-state index in [9.17, 15) is 9.59 Å². The van der Waals surface area contributed by atoms with Gasteiger partial charge in [-0.2, -0.15) is 5.10 Å². The van der Waals surface area contributed by atoms with Crippen molar-refractivity contribution in [1.29, 1.82) is 0 Å². The van der Waals surface area contributed by atoms with Gasteiger partial charge in [0.15, 0.2) is 0 Å². The van der Waals surface area contributed by atoms with Gasteiger partial charge in [0.25, 0.3) is 5.91 Å². The van der Waals surface area contributed by atoms with Gasteiger partial charge in [0.1, 0.15) is 0 Å². The van der Waals surface area contributed by atoms with E-state index >= 15 is 0 Å². The Balaban J connectivity index is 1.36. The first-order chi connectivity index (χ1) is 14.7. The summed E-state index contributed by atoms with van der Waals surface area (Å²) in [4.78, 5) is 25.0. The van der Waals surface area contributed by atoms with Gasteiger partial charge < -0.3 is 10.6 Å². The second-order valence-electron chi connectivity index (χ2n) is 7.91. The van der Waals surface area contributed by atoms with Crippen LogP contribution in [0.2, 0.25) is 0 Å². The number of hydrazone groups is 1. The molecule has 2 heterocycles. The molecule has 6 nitrogen and oxygen atoms in total. The topological polar surface area (TPSA) is 73.8 Å². The molecule has 0 spiro atoms. The molecule has 1 fully saturated rings. The van der Waals surface area contributed by atoms with Gasteiger partial charge >= 0.3 is 0 Å². The van der Waals surface area contributed by atoms with E-state index < -0.39 is 0 Å². The zero-order chi connectivity index (χ0) is 20.8. The fourth-order valence-electron chi connectivity index (χ4n) is 4.10. The minimum atomic E-state index is -0.0896. The van der Waals surface area contributed by atoms with Crippen LogP contribution in [-0.4, -0.2) is 48.7 Å². The average Bonchev–Trinajstić information content (AvgIpc) is 3.29. The lowest BCUT2D eigenvalue weighted by Gasteiger charge is -2.24. The SMILES string of the molecule is O=C(NCCN1N=C(c2ccccc2)CCC1=O)c1ccccc1CC1CCNC1. The Labute approximate surface area is 177 Å². The first-order valence-electron chi connectivity index (χ1n) is 10.7. The van der Waals surface area contributed by atoms with E-state index in [1.54, 1.807) is 0 Å². The third-order valence-electron chi connectivity index (χ3n) is 5.75. The predicted molar refractivity (Wildman–Crippen MR) is 117 cm³/mol. The van der Waals surface area contributed by atoms with E-state index in [4.69, 9.17) is 0 Å². The lowest BCUT2D eigenvalue weighted by Crippen LogP contribution is -2.38. The Bertz CT molecular complexity index is 920. The van der Waals surface area contributed by atoms with Crippen molar-refractivity contribution in [2.24, 2.45) is 11.0 Å². The van der Waals surface area contributed by atoms with Gasteiger partial charge in [0.05, 0.1) is 12.3 Å². The Hall–Kier alpha value is -2.99. The standard InChI is InChI=1S/C24H28N4O2/c29-23-11-10-22(19-6-2-1-3-7-19)27-28(23)15-14-26-24(30)21-9-5-4-8-20(21)16-18-12-13-25-17-18/h1-9,18,25H,10-17H2,(H,26,30). The Morgan fingerprint density at radius 2 is 1.90 bits per heavy atom. The van der Waals surface area contributed by atoms with Crippen LogP contribution in [0.5, 0.6) is 0 Å². The summed E-state index contributed by atoms with van der Waals surface area (Å²) in [5.74, 6) is 0.488. The zero-order valence-electron chi connectivity index (χ0n) is 17.1. The van der Waals surface area contributed by atoms with Crippen LogP contribution in [0.15, 0.2) is 59.7 Å². The van der Waals surface area contributed by atoms with Crippen molar-refractivity contribution in [2.75, 3.05) is 26.2 Å². The lowest BCUT2D eigenvalue weighted by molar-refractivity contribution is -0.131. The number of amides is 2. The van der Waals surface area contributed by atoms with Crippen molar-refractivity contribution in [3.05, 3.63) is 71.3 Å². The first-order valence-corrected chi connectivity index (χ1v) is 10.7. The fraction of sp³-hybridized carbons (Fsp3) is 0.375. The second-order valence-corrected chi connectivity index (χ2v) is 7.91. The van der Waals surface area contributed by atoms with Gasteiger partial charge in [-0.3, -0.25) is 9.59 Å². The van der Waals surface area contributed by atoms with Gasteiger partial charge in [-0.05, 0) is 49.0 Å². The van der Waals surface area contributed by atoms with Crippen molar-refractivity contribution in [3.8, 4) is 0 Å². The third-order valence-corrected chi connectivity index (χ3v) is 5.75. The molecule has 2 aliphatic rings. The molecule has 2 amide bonds. The van der Waals surface area contributed by atoms with Crippen LogP contribution < -0.4 is 10.6 Å². The summed E-state index contributed by atoms with van der Waals surface area (Å²) >= 11 is 0. The van der Waals surface area contributed by atoms with Gasteiger partial charge in [-0.25, -0.2) is 5.01 Å². The highest BCUT2D eigenvalue weighted by Gasteiger charge is 2.22. The molecule has 2 N–H and O–H groups in total. The lowest BCUT2D eigenvalue weighted by atomic mass is 9.94. The van der Waals surface area contributed by atoms with Gasteiger partial charge in [-0.15, -0.1) is 0 Å². The molecule has 2 aromatic rings. The molecule has 0 aromatic heterocycles. The molecule has 2 aliphatic heterocycles.